The van der Waals surface area contributed by atoms with Crippen molar-refractivity contribution in [1.82, 2.24) is 0 Å². The van der Waals surface area contributed by atoms with E-state index in [1.54, 1.807) is 12.1 Å². The lowest BCUT2D eigenvalue weighted by Gasteiger charge is -2.12. The van der Waals surface area contributed by atoms with E-state index in [-0.39, 0.29) is 18.8 Å². The maximum absolute atomic E-state index is 14.1. The van der Waals surface area contributed by atoms with Gasteiger partial charge in [-0.2, -0.15) is 0 Å². The molecule has 0 amide bonds. The van der Waals surface area contributed by atoms with Gasteiger partial charge in [0.2, 0.25) is 0 Å². The van der Waals surface area contributed by atoms with Crippen LogP contribution >= 0.6 is 0 Å². The lowest BCUT2D eigenvalue weighted by Crippen LogP contribution is -2.03. The highest BCUT2D eigenvalue weighted by atomic mass is 19.1. The van der Waals surface area contributed by atoms with E-state index >= 15 is 0 Å². The van der Waals surface area contributed by atoms with Crippen LogP contribution in [0, 0.1) is 5.82 Å². The Hall–Kier alpha value is -1.62. The number of hydrogen-bond acceptors (Lipinski definition) is 3. The number of aliphatic carboxylic acids is 1. The molecule has 18 heavy (non-hydrogen) atoms. The van der Waals surface area contributed by atoms with Crippen molar-refractivity contribution < 1.29 is 23.8 Å². The number of hydrogen-bond donors (Lipinski definition) is 1. The van der Waals surface area contributed by atoms with Crippen molar-refractivity contribution in [2.45, 2.75) is 25.9 Å². The van der Waals surface area contributed by atoms with Gasteiger partial charge >= 0.3 is 5.97 Å². The number of aryl methyl sites for hydroxylation is 1. The number of methoxy groups -OCH3 is 2. The Kier molecular flexibility index (Phi) is 5.58. The summed E-state index contributed by atoms with van der Waals surface area (Å²) < 4.78 is 24.1. The van der Waals surface area contributed by atoms with Gasteiger partial charge in [-0.25, -0.2) is 4.39 Å². The SMILES string of the molecule is COCc1c(OC)ccc(CCCC(=O)O)c1F. The van der Waals surface area contributed by atoms with E-state index in [0.29, 0.717) is 29.7 Å². The molecule has 1 aromatic rings. The summed E-state index contributed by atoms with van der Waals surface area (Å²) in [6, 6.07) is 3.29. The summed E-state index contributed by atoms with van der Waals surface area (Å²) in [6.45, 7) is 0.127. The molecule has 0 bridgehead atoms. The summed E-state index contributed by atoms with van der Waals surface area (Å²) in [7, 11) is 2.95. The van der Waals surface area contributed by atoms with Gasteiger partial charge in [0.25, 0.3) is 0 Å². The van der Waals surface area contributed by atoms with Gasteiger partial charge in [-0.3, -0.25) is 4.79 Å². The summed E-state index contributed by atoms with van der Waals surface area (Å²) in [5, 5.41) is 8.55. The van der Waals surface area contributed by atoms with Gasteiger partial charge in [0.1, 0.15) is 11.6 Å². The highest BCUT2D eigenvalue weighted by Gasteiger charge is 2.14. The molecule has 1 N–H and O–H groups in total. The smallest absolute Gasteiger partial charge is 0.303 e. The Morgan fingerprint density at radius 2 is 2.11 bits per heavy atom. The Labute approximate surface area is 105 Å². The van der Waals surface area contributed by atoms with Gasteiger partial charge in [-0.1, -0.05) is 6.07 Å². The average molecular weight is 256 g/mol. The van der Waals surface area contributed by atoms with Crippen LogP contribution in [-0.2, 0) is 22.6 Å². The number of carboxylic acids is 1. The molecule has 0 fully saturated rings. The molecule has 0 atom stereocenters. The van der Waals surface area contributed by atoms with E-state index in [4.69, 9.17) is 14.6 Å². The fourth-order valence-corrected chi connectivity index (χ4v) is 1.75. The molecule has 0 saturated carbocycles. The van der Waals surface area contributed by atoms with Crippen LogP contribution in [0.5, 0.6) is 5.75 Å². The van der Waals surface area contributed by atoms with Gasteiger partial charge in [0, 0.05) is 13.5 Å². The fraction of sp³-hybridized carbons (Fsp3) is 0.462. The first-order valence-electron chi connectivity index (χ1n) is 5.65. The molecule has 5 heteroatoms. The fourth-order valence-electron chi connectivity index (χ4n) is 1.75. The summed E-state index contributed by atoms with van der Waals surface area (Å²) in [6.07, 6.45) is 0.828. The second-order valence-corrected chi connectivity index (χ2v) is 3.90. The van der Waals surface area contributed by atoms with Crippen LogP contribution in [0.15, 0.2) is 12.1 Å². The first-order valence-corrected chi connectivity index (χ1v) is 5.65. The van der Waals surface area contributed by atoms with Crippen molar-refractivity contribution in [1.29, 1.82) is 0 Å². The standard InChI is InChI=1S/C13H17FO4/c1-17-8-10-11(18-2)7-6-9(13(10)14)4-3-5-12(15)16/h6-7H,3-5,8H2,1-2H3,(H,15,16). The molecule has 100 valence electrons. The molecule has 0 saturated heterocycles. The Morgan fingerprint density at radius 1 is 1.39 bits per heavy atom. The second-order valence-electron chi connectivity index (χ2n) is 3.90. The van der Waals surface area contributed by atoms with Gasteiger partial charge < -0.3 is 14.6 Å². The Bertz CT molecular complexity index is 418. The van der Waals surface area contributed by atoms with Crippen LogP contribution < -0.4 is 4.74 Å². The van der Waals surface area contributed by atoms with Crippen molar-refractivity contribution >= 4 is 5.97 Å². The van der Waals surface area contributed by atoms with E-state index in [2.05, 4.69) is 0 Å². The van der Waals surface area contributed by atoms with Crippen LogP contribution in [0.4, 0.5) is 4.39 Å². The third-order valence-electron chi connectivity index (χ3n) is 2.63. The first-order chi connectivity index (χ1) is 8.60. The van der Waals surface area contributed by atoms with Crippen LogP contribution in [0.25, 0.3) is 0 Å². The van der Waals surface area contributed by atoms with E-state index in [1.807, 2.05) is 0 Å². The molecule has 0 aromatic heterocycles. The van der Waals surface area contributed by atoms with Crippen LogP contribution in [0.1, 0.15) is 24.0 Å². The van der Waals surface area contributed by atoms with Crippen molar-refractivity contribution in [2.24, 2.45) is 0 Å². The third kappa shape index (κ3) is 3.70. The number of ether oxygens (including phenoxy) is 2. The number of carbonyl (C=O) groups is 1. The molecular weight excluding hydrogens is 239 g/mol. The number of benzene rings is 1. The highest BCUT2D eigenvalue weighted by molar-refractivity contribution is 5.66. The normalized spacial score (nSPS) is 10.4. The van der Waals surface area contributed by atoms with Crippen molar-refractivity contribution in [3.63, 3.8) is 0 Å². The Balaban J connectivity index is 2.86. The van der Waals surface area contributed by atoms with Crippen molar-refractivity contribution in [3.05, 3.63) is 29.1 Å². The number of halogens is 1. The predicted octanol–water partition coefficient (Wildman–Crippen LogP) is 2.39. The maximum atomic E-state index is 14.1. The lowest BCUT2D eigenvalue weighted by molar-refractivity contribution is -0.137. The van der Waals surface area contributed by atoms with Gasteiger partial charge in [-0.15, -0.1) is 0 Å². The van der Waals surface area contributed by atoms with Crippen molar-refractivity contribution in [2.75, 3.05) is 14.2 Å². The molecule has 0 heterocycles. The molecule has 1 aromatic carbocycles. The topological polar surface area (TPSA) is 55.8 Å². The predicted molar refractivity (Wildman–Crippen MR) is 64.2 cm³/mol. The second kappa shape index (κ2) is 6.96. The molecule has 0 aliphatic carbocycles. The summed E-state index contributed by atoms with van der Waals surface area (Å²) in [5.74, 6) is -0.807. The Morgan fingerprint density at radius 3 is 2.67 bits per heavy atom. The zero-order valence-electron chi connectivity index (χ0n) is 10.5. The van der Waals surface area contributed by atoms with E-state index < -0.39 is 5.97 Å². The molecule has 0 spiro atoms. The minimum atomic E-state index is -0.874. The minimum absolute atomic E-state index is 0.0328. The molecule has 1 rings (SSSR count). The summed E-state index contributed by atoms with van der Waals surface area (Å²) in [5.41, 5.74) is 0.858. The third-order valence-corrected chi connectivity index (χ3v) is 2.63. The lowest BCUT2D eigenvalue weighted by atomic mass is 10.0. The molecule has 0 aliphatic rings. The molecule has 4 nitrogen and oxygen atoms in total. The monoisotopic (exact) mass is 256 g/mol. The van der Waals surface area contributed by atoms with E-state index in [9.17, 15) is 9.18 Å². The quantitative estimate of drug-likeness (QED) is 0.813. The zero-order chi connectivity index (χ0) is 13.5. The maximum Gasteiger partial charge on any atom is 0.303 e. The summed E-state index contributed by atoms with van der Waals surface area (Å²) >= 11 is 0. The molecule has 0 radical (unpaired) electrons. The van der Waals surface area contributed by atoms with Crippen molar-refractivity contribution in [3.8, 4) is 5.75 Å². The molecule has 0 unspecified atom stereocenters. The van der Waals surface area contributed by atoms with Crippen LogP contribution in [-0.4, -0.2) is 25.3 Å². The average Bonchev–Trinajstić information content (AvgIpc) is 2.33. The van der Waals surface area contributed by atoms with E-state index in [1.165, 1.54) is 14.2 Å². The zero-order valence-corrected chi connectivity index (χ0v) is 10.5. The number of rotatable bonds is 7. The first kappa shape index (κ1) is 14.4. The number of carboxylic acid groups (broad SMARTS) is 1. The molecular formula is C13H17FO4. The largest absolute Gasteiger partial charge is 0.496 e. The van der Waals surface area contributed by atoms with E-state index in [0.717, 1.165) is 0 Å². The highest BCUT2D eigenvalue weighted by Crippen LogP contribution is 2.26. The van der Waals surface area contributed by atoms with Crippen LogP contribution in [0.3, 0.4) is 0 Å². The minimum Gasteiger partial charge on any atom is -0.496 e. The van der Waals surface area contributed by atoms with Gasteiger partial charge in [-0.05, 0) is 24.5 Å². The molecule has 0 aliphatic heterocycles. The van der Waals surface area contributed by atoms with Gasteiger partial charge in [0.15, 0.2) is 0 Å². The summed E-state index contributed by atoms with van der Waals surface area (Å²) in [4.78, 5) is 10.4. The van der Waals surface area contributed by atoms with Gasteiger partial charge in [0.05, 0.1) is 19.3 Å². The van der Waals surface area contributed by atoms with Crippen LogP contribution in [0.2, 0.25) is 0 Å².